The largest absolute Gasteiger partial charge is 0.307 e. The zero-order chi connectivity index (χ0) is 7.11. The summed E-state index contributed by atoms with van der Waals surface area (Å²) in [5.41, 5.74) is 0. The van der Waals surface area contributed by atoms with Crippen LogP contribution in [0, 0.1) is 6.42 Å². The zero-order valence-corrected chi connectivity index (χ0v) is 6.85. The fourth-order valence-electron chi connectivity index (χ4n) is 0.674. The molecule has 0 aromatic heterocycles. The Morgan fingerprint density at radius 2 is 2.00 bits per heavy atom. The van der Waals surface area contributed by atoms with Gasteiger partial charge in [-0.1, -0.05) is 20.3 Å². The van der Waals surface area contributed by atoms with Gasteiger partial charge in [-0.3, -0.25) is 0 Å². The first-order valence-corrected chi connectivity index (χ1v) is 3.81. The maximum absolute atomic E-state index is 2.33. The van der Waals surface area contributed by atoms with Crippen LogP contribution in [0.1, 0.15) is 26.7 Å². The zero-order valence-electron chi connectivity index (χ0n) is 6.85. The van der Waals surface area contributed by atoms with Gasteiger partial charge in [-0.15, -0.1) is 0 Å². The van der Waals surface area contributed by atoms with Crippen LogP contribution >= 0.6 is 0 Å². The van der Waals surface area contributed by atoms with E-state index in [1.165, 1.54) is 19.4 Å². The first kappa shape index (κ1) is 8.96. The average Bonchev–Trinajstić information content (AvgIpc) is 1.89. The quantitative estimate of drug-likeness (QED) is 0.511. The molecule has 9 heavy (non-hydrogen) atoms. The second-order valence-corrected chi connectivity index (χ2v) is 2.38. The Hall–Kier alpha value is -0.0400. The molecule has 0 spiro atoms. The van der Waals surface area contributed by atoms with Crippen molar-refractivity contribution in [2.75, 3.05) is 20.1 Å². The van der Waals surface area contributed by atoms with E-state index >= 15 is 0 Å². The first-order chi connectivity index (χ1) is 4.31. The molecule has 1 heteroatoms. The third-order valence-electron chi connectivity index (χ3n) is 1.54. The first-order valence-electron chi connectivity index (χ1n) is 3.81. The van der Waals surface area contributed by atoms with Gasteiger partial charge in [0.2, 0.25) is 0 Å². The second kappa shape index (κ2) is 6.09. The highest BCUT2D eigenvalue weighted by Gasteiger charge is 1.91. The lowest BCUT2D eigenvalue weighted by Gasteiger charge is -2.11. The van der Waals surface area contributed by atoms with Crippen LogP contribution in [0.15, 0.2) is 0 Å². The molecular formula is C8H18N. The fourth-order valence-corrected chi connectivity index (χ4v) is 0.674. The molecule has 0 unspecified atom stereocenters. The van der Waals surface area contributed by atoms with Crippen LogP contribution in [0.3, 0.4) is 0 Å². The van der Waals surface area contributed by atoms with E-state index in [1.807, 2.05) is 0 Å². The van der Waals surface area contributed by atoms with Crippen molar-refractivity contribution in [2.24, 2.45) is 0 Å². The molecule has 0 saturated carbocycles. The van der Waals surface area contributed by atoms with Crippen LogP contribution in [-0.2, 0) is 0 Å². The molecule has 0 rings (SSSR count). The monoisotopic (exact) mass is 128 g/mol. The molecule has 1 nitrogen and oxygen atoms in total. The molecule has 0 heterocycles. The molecule has 0 aromatic rings. The predicted octanol–water partition coefficient (Wildman–Crippen LogP) is 1.94. The summed E-state index contributed by atoms with van der Waals surface area (Å²) in [5, 5.41) is 0. The minimum atomic E-state index is 1.16. The van der Waals surface area contributed by atoms with Gasteiger partial charge < -0.3 is 4.90 Å². The Bertz CT molecular complexity index is 52.5. The number of nitrogens with zero attached hydrogens (tertiary/aromatic N) is 1. The highest BCUT2D eigenvalue weighted by molar-refractivity contribution is 4.63. The van der Waals surface area contributed by atoms with Crippen molar-refractivity contribution in [1.82, 2.24) is 4.90 Å². The Kier molecular flexibility index (Phi) is 6.06. The predicted molar refractivity (Wildman–Crippen MR) is 42.4 cm³/mol. The van der Waals surface area contributed by atoms with Gasteiger partial charge in [0.15, 0.2) is 0 Å². The van der Waals surface area contributed by atoms with Gasteiger partial charge in [0, 0.05) is 0 Å². The number of unbranched alkanes of at least 4 members (excludes halogenated alkanes) is 2. The van der Waals surface area contributed by atoms with Crippen LogP contribution < -0.4 is 0 Å². The van der Waals surface area contributed by atoms with Gasteiger partial charge >= 0.3 is 0 Å². The van der Waals surface area contributed by atoms with Crippen molar-refractivity contribution in [3.05, 3.63) is 6.42 Å². The third-order valence-corrected chi connectivity index (χ3v) is 1.54. The molecule has 0 aromatic carbocycles. The van der Waals surface area contributed by atoms with E-state index in [1.54, 1.807) is 0 Å². The normalized spacial score (nSPS) is 10.7. The highest BCUT2D eigenvalue weighted by atomic mass is 15.1. The topological polar surface area (TPSA) is 3.24 Å². The van der Waals surface area contributed by atoms with E-state index in [0.717, 1.165) is 6.54 Å². The molecule has 0 aliphatic heterocycles. The summed E-state index contributed by atoms with van der Waals surface area (Å²) in [7, 11) is 2.16. The van der Waals surface area contributed by atoms with Crippen molar-refractivity contribution >= 4 is 0 Å². The minimum absolute atomic E-state index is 1.16. The van der Waals surface area contributed by atoms with Crippen LogP contribution in [-0.4, -0.2) is 25.0 Å². The summed E-state index contributed by atoms with van der Waals surface area (Å²) in [5.74, 6) is 0. The standard InChI is InChI=1S/C8H18N/c1-4-6-7-8-9(3)5-2/h6H,4-5,7-8H2,1-3H3. The van der Waals surface area contributed by atoms with Crippen LogP contribution in [0.25, 0.3) is 0 Å². The van der Waals surface area contributed by atoms with Gasteiger partial charge in [-0.05, 0) is 33.0 Å². The molecule has 0 N–H and O–H groups in total. The molecule has 1 radical (unpaired) electrons. The molecule has 0 bridgehead atoms. The summed E-state index contributed by atoms with van der Waals surface area (Å²) in [6, 6.07) is 0. The average molecular weight is 128 g/mol. The summed E-state index contributed by atoms with van der Waals surface area (Å²) >= 11 is 0. The minimum Gasteiger partial charge on any atom is -0.307 e. The second-order valence-electron chi connectivity index (χ2n) is 2.38. The lowest BCUT2D eigenvalue weighted by molar-refractivity contribution is 0.355. The summed E-state index contributed by atoms with van der Waals surface area (Å²) in [4.78, 5) is 2.33. The number of rotatable bonds is 5. The van der Waals surface area contributed by atoms with Crippen LogP contribution in [0.4, 0.5) is 0 Å². The Balaban J connectivity index is 2.88. The molecule has 0 saturated heterocycles. The van der Waals surface area contributed by atoms with Gasteiger partial charge in [-0.25, -0.2) is 0 Å². The maximum Gasteiger partial charge on any atom is -0.00192 e. The van der Waals surface area contributed by atoms with Gasteiger partial charge in [0.1, 0.15) is 0 Å². The number of hydrogen-bond donors (Lipinski definition) is 0. The summed E-state index contributed by atoms with van der Waals surface area (Å²) < 4.78 is 0. The van der Waals surface area contributed by atoms with Crippen molar-refractivity contribution in [3.63, 3.8) is 0 Å². The molecular weight excluding hydrogens is 110 g/mol. The van der Waals surface area contributed by atoms with E-state index < -0.39 is 0 Å². The number of hydrogen-bond acceptors (Lipinski definition) is 1. The lowest BCUT2D eigenvalue weighted by Crippen LogP contribution is -2.18. The van der Waals surface area contributed by atoms with Crippen LogP contribution in [0.5, 0.6) is 0 Å². The third kappa shape index (κ3) is 5.84. The van der Waals surface area contributed by atoms with Crippen molar-refractivity contribution in [1.29, 1.82) is 0 Å². The van der Waals surface area contributed by atoms with Gasteiger partial charge in [0.05, 0.1) is 0 Å². The summed E-state index contributed by atoms with van der Waals surface area (Å²) in [6.07, 6.45) is 4.77. The molecule has 0 atom stereocenters. The van der Waals surface area contributed by atoms with Crippen LogP contribution in [0.2, 0.25) is 0 Å². The lowest BCUT2D eigenvalue weighted by atomic mass is 10.2. The molecule has 55 valence electrons. The molecule has 0 amide bonds. The molecule has 0 fully saturated rings. The van der Waals surface area contributed by atoms with Gasteiger partial charge in [-0.2, -0.15) is 0 Å². The molecule has 0 aliphatic carbocycles. The Morgan fingerprint density at radius 1 is 1.33 bits per heavy atom. The maximum atomic E-state index is 2.33. The van der Waals surface area contributed by atoms with E-state index in [0.29, 0.717) is 0 Å². The fraction of sp³-hybridized carbons (Fsp3) is 0.875. The Labute approximate surface area is 59.1 Å². The molecule has 0 aliphatic rings. The van der Waals surface area contributed by atoms with Crippen molar-refractivity contribution in [3.8, 4) is 0 Å². The Morgan fingerprint density at radius 3 is 2.44 bits per heavy atom. The SMILES string of the molecule is CC[CH]CCN(C)CC. The van der Waals surface area contributed by atoms with E-state index in [9.17, 15) is 0 Å². The van der Waals surface area contributed by atoms with E-state index in [-0.39, 0.29) is 0 Å². The smallest absolute Gasteiger partial charge is 0.00192 e. The van der Waals surface area contributed by atoms with E-state index in [2.05, 4.69) is 32.2 Å². The van der Waals surface area contributed by atoms with Gasteiger partial charge in [0.25, 0.3) is 0 Å². The van der Waals surface area contributed by atoms with Crippen molar-refractivity contribution < 1.29 is 0 Å². The van der Waals surface area contributed by atoms with E-state index in [4.69, 9.17) is 0 Å². The summed E-state index contributed by atoms with van der Waals surface area (Å²) in [6.45, 7) is 6.75. The highest BCUT2D eigenvalue weighted by Crippen LogP contribution is 1.93. The van der Waals surface area contributed by atoms with Crippen molar-refractivity contribution in [2.45, 2.75) is 26.7 Å².